The standard InChI is InChI=1S/C37H42S/c1-23-14-16-24(17-15-23)29-18-19-31-33(34(29)37(8,9)10)32-28(12-11-13-30(32)38-31)25-20-26(35(2,3)4)22-27(21-25)36(5,6)7/h11-22H,1-10H3/i14D,15D,16D,17D. The van der Waals surface area contributed by atoms with Crippen LogP contribution in [-0.4, -0.2) is 0 Å². The van der Waals surface area contributed by atoms with Gasteiger partial charge in [-0.3, -0.25) is 0 Å². The van der Waals surface area contributed by atoms with Gasteiger partial charge in [-0.25, -0.2) is 0 Å². The van der Waals surface area contributed by atoms with Gasteiger partial charge in [0.2, 0.25) is 0 Å². The van der Waals surface area contributed by atoms with Crippen LogP contribution in [-0.2, 0) is 16.2 Å². The predicted molar refractivity (Wildman–Crippen MR) is 171 cm³/mol. The summed E-state index contributed by atoms with van der Waals surface area (Å²) >= 11 is 1.77. The summed E-state index contributed by atoms with van der Waals surface area (Å²) in [7, 11) is 0. The molecule has 0 spiro atoms. The number of hydrogen-bond acceptors (Lipinski definition) is 1. The van der Waals surface area contributed by atoms with Crippen molar-refractivity contribution in [3.8, 4) is 22.3 Å². The van der Waals surface area contributed by atoms with Crippen molar-refractivity contribution in [2.24, 2.45) is 0 Å². The third-order valence-corrected chi connectivity index (χ3v) is 8.53. The number of thiophene rings is 1. The van der Waals surface area contributed by atoms with Crippen molar-refractivity contribution in [1.29, 1.82) is 0 Å². The molecule has 0 aliphatic heterocycles. The molecule has 0 nitrogen and oxygen atoms in total. The molecule has 0 radical (unpaired) electrons. The van der Waals surface area contributed by atoms with E-state index in [9.17, 15) is 0 Å². The Balaban J connectivity index is 1.97. The minimum atomic E-state index is -0.325. The topological polar surface area (TPSA) is 0 Å². The van der Waals surface area contributed by atoms with E-state index in [0.29, 0.717) is 11.1 Å². The van der Waals surface area contributed by atoms with Crippen molar-refractivity contribution in [3.05, 3.63) is 95.0 Å². The van der Waals surface area contributed by atoms with Gasteiger partial charge >= 0.3 is 0 Å². The first-order valence-electron chi connectivity index (χ1n) is 15.5. The second-order valence-electron chi connectivity index (χ2n) is 13.7. The average molecular weight is 523 g/mol. The van der Waals surface area contributed by atoms with E-state index in [4.69, 9.17) is 5.48 Å². The summed E-state index contributed by atoms with van der Waals surface area (Å²) in [5, 5.41) is 2.34. The Morgan fingerprint density at radius 2 is 1.16 bits per heavy atom. The quantitative estimate of drug-likeness (QED) is 0.216. The number of benzene rings is 4. The lowest BCUT2D eigenvalue weighted by Crippen LogP contribution is -2.16. The molecule has 0 unspecified atom stereocenters. The van der Waals surface area contributed by atoms with Gasteiger partial charge in [0.15, 0.2) is 0 Å². The molecule has 1 aromatic heterocycles. The van der Waals surface area contributed by atoms with E-state index >= 15 is 0 Å². The highest BCUT2D eigenvalue weighted by molar-refractivity contribution is 7.26. The monoisotopic (exact) mass is 522 g/mol. The Bertz CT molecular complexity index is 1810. The predicted octanol–water partition coefficient (Wildman–Crippen LogP) is 11.6. The van der Waals surface area contributed by atoms with Gasteiger partial charge in [0.05, 0.1) is 5.48 Å². The SMILES string of the molecule is [2H]c1c([2H])c(-c2ccc3sc4cccc(-c5cc(C(C)(C)C)cc(C(C)(C)C)c5)c4c3c2C(C)(C)C)c([2H])c([2H])c1C. The molecule has 1 heterocycles. The van der Waals surface area contributed by atoms with E-state index in [-0.39, 0.29) is 40.4 Å². The van der Waals surface area contributed by atoms with Crippen molar-refractivity contribution in [1.82, 2.24) is 0 Å². The van der Waals surface area contributed by atoms with Crippen LogP contribution >= 0.6 is 11.3 Å². The van der Waals surface area contributed by atoms with Gasteiger partial charge in [-0.1, -0.05) is 128 Å². The second kappa shape index (κ2) is 9.09. The molecule has 4 aromatic carbocycles. The van der Waals surface area contributed by atoms with Crippen LogP contribution in [0.3, 0.4) is 0 Å². The minimum absolute atomic E-state index is 0.00716. The maximum Gasteiger partial charge on any atom is 0.0629 e. The Labute approximate surface area is 239 Å². The molecule has 1 heteroatoms. The molecule has 5 rings (SSSR count). The zero-order valence-corrected chi connectivity index (χ0v) is 25.3. The lowest BCUT2D eigenvalue weighted by Gasteiger charge is -2.27. The summed E-state index contributed by atoms with van der Waals surface area (Å²) in [4.78, 5) is 0. The fourth-order valence-corrected chi connectivity index (χ4v) is 6.44. The molecule has 0 aliphatic carbocycles. The van der Waals surface area contributed by atoms with Crippen molar-refractivity contribution in [2.75, 3.05) is 0 Å². The van der Waals surface area contributed by atoms with Gasteiger partial charge < -0.3 is 0 Å². The van der Waals surface area contributed by atoms with Crippen LogP contribution in [0.5, 0.6) is 0 Å². The molecular formula is C37H42S. The van der Waals surface area contributed by atoms with E-state index in [0.717, 1.165) is 21.2 Å². The van der Waals surface area contributed by atoms with Crippen LogP contribution in [0.2, 0.25) is 0 Å². The normalized spacial score (nSPS) is 14.5. The van der Waals surface area contributed by atoms with E-state index in [1.54, 1.807) is 18.3 Å². The molecule has 0 aliphatic rings. The lowest BCUT2D eigenvalue weighted by molar-refractivity contribution is 0.569. The summed E-state index contributed by atoms with van der Waals surface area (Å²) in [6.45, 7) is 21.8. The number of rotatable bonds is 2. The van der Waals surface area contributed by atoms with Crippen molar-refractivity contribution < 1.29 is 5.48 Å². The van der Waals surface area contributed by atoms with Crippen LogP contribution in [0.4, 0.5) is 0 Å². The molecule has 0 fully saturated rings. The van der Waals surface area contributed by atoms with Gasteiger partial charge in [-0.15, -0.1) is 11.3 Å². The molecule has 0 bridgehead atoms. The molecule has 0 atom stereocenters. The summed E-state index contributed by atoms with van der Waals surface area (Å²) in [6, 6.07) is 17.8. The summed E-state index contributed by atoms with van der Waals surface area (Å²) < 4.78 is 37.3. The third kappa shape index (κ3) is 4.82. The van der Waals surface area contributed by atoms with Crippen LogP contribution < -0.4 is 0 Å². The van der Waals surface area contributed by atoms with Gasteiger partial charge in [0.1, 0.15) is 0 Å². The van der Waals surface area contributed by atoms with E-state index in [2.05, 4.69) is 105 Å². The Morgan fingerprint density at radius 1 is 0.579 bits per heavy atom. The first-order chi connectivity index (χ1) is 19.3. The highest BCUT2D eigenvalue weighted by Crippen LogP contribution is 2.48. The molecule has 0 saturated carbocycles. The first kappa shape index (κ1) is 22.0. The van der Waals surface area contributed by atoms with Crippen LogP contribution in [0.25, 0.3) is 42.4 Å². The van der Waals surface area contributed by atoms with E-state index in [1.165, 1.54) is 32.3 Å². The minimum Gasteiger partial charge on any atom is -0.135 e. The summed E-state index contributed by atoms with van der Waals surface area (Å²) in [5.41, 5.74) is 7.25. The van der Waals surface area contributed by atoms with Gasteiger partial charge in [0, 0.05) is 20.2 Å². The highest BCUT2D eigenvalue weighted by Gasteiger charge is 2.26. The zero-order valence-electron chi connectivity index (χ0n) is 28.5. The maximum atomic E-state index is 8.90. The second-order valence-corrected chi connectivity index (χ2v) is 14.8. The fourth-order valence-electron chi connectivity index (χ4n) is 5.30. The maximum absolute atomic E-state index is 8.90. The smallest absolute Gasteiger partial charge is 0.0629 e. The van der Waals surface area contributed by atoms with Crippen LogP contribution in [0.15, 0.2) is 72.7 Å². The number of hydrogen-bond donors (Lipinski definition) is 0. The van der Waals surface area contributed by atoms with Crippen LogP contribution in [0, 0.1) is 6.92 Å². The molecule has 0 amide bonds. The average Bonchev–Trinajstić information content (AvgIpc) is 3.27. The largest absolute Gasteiger partial charge is 0.135 e. The summed E-state index contributed by atoms with van der Waals surface area (Å²) in [5.74, 6) is 0. The third-order valence-electron chi connectivity index (χ3n) is 7.41. The van der Waals surface area contributed by atoms with Crippen molar-refractivity contribution in [3.63, 3.8) is 0 Å². The van der Waals surface area contributed by atoms with Crippen LogP contribution in [0.1, 0.15) is 90.1 Å². The van der Waals surface area contributed by atoms with E-state index < -0.39 is 0 Å². The highest BCUT2D eigenvalue weighted by atomic mass is 32.1. The summed E-state index contributed by atoms with van der Waals surface area (Å²) in [6.07, 6.45) is 0. The van der Waals surface area contributed by atoms with Gasteiger partial charge in [0.25, 0.3) is 0 Å². The molecule has 5 aromatic rings. The molecule has 196 valence electrons. The molecule has 0 N–H and O–H groups in total. The first-order valence-corrected chi connectivity index (χ1v) is 14.4. The van der Waals surface area contributed by atoms with Gasteiger partial charge in [-0.05, 0) is 74.2 Å². The molecular weight excluding hydrogens is 476 g/mol. The number of fused-ring (bicyclic) bond motifs is 3. The fraction of sp³-hybridized carbons (Fsp3) is 0.351. The Hall–Kier alpha value is -2.90. The van der Waals surface area contributed by atoms with Crippen molar-refractivity contribution in [2.45, 2.75) is 85.5 Å². The zero-order chi connectivity index (χ0) is 31.1. The van der Waals surface area contributed by atoms with E-state index in [1.807, 2.05) is 6.07 Å². The Morgan fingerprint density at radius 3 is 1.71 bits per heavy atom. The van der Waals surface area contributed by atoms with Gasteiger partial charge in [-0.2, -0.15) is 0 Å². The van der Waals surface area contributed by atoms with Crippen molar-refractivity contribution >= 4 is 31.5 Å². The molecule has 38 heavy (non-hydrogen) atoms. The Kier molecular flexibility index (Phi) is 5.26. The molecule has 0 saturated heterocycles. The lowest BCUT2D eigenvalue weighted by atomic mass is 9.77.